The van der Waals surface area contributed by atoms with Crippen molar-refractivity contribution in [3.8, 4) is 0 Å². The first-order chi connectivity index (χ1) is 12.6. The Bertz CT molecular complexity index is 821. The molecule has 26 heavy (non-hydrogen) atoms. The van der Waals surface area contributed by atoms with Crippen LogP contribution in [0.1, 0.15) is 60.2 Å². The molecule has 0 radical (unpaired) electrons. The summed E-state index contributed by atoms with van der Waals surface area (Å²) in [6.45, 7) is 3.02. The highest BCUT2D eigenvalue weighted by molar-refractivity contribution is 5.92. The summed E-state index contributed by atoms with van der Waals surface area (Å²) in [6, 6.07) is 1.72. The van der Waals surface area contributed by atoms with Gasteiger partial charge < -0.3 is 14.8 Å². The number of amides is 2. The van der Waals surface area contributed by atoms with Crippen molar-refractivity contribution in [2.24, 2.45) is 13.0 Å². The molecule has 2 atom stereocenters. The Balaban J connectivity index is 1.46. The van der Waals surface area contributed by atoms with Crippen molar-refractivity contribution >= 4 is 11.8 Å². The number of likely N-dealkylation sites (tertiary alicyclic amines) is 1. The molecule has 2 N–H and O–H groups in total. The first kappa shape index (κ1) is 16.8. The fourth-order valence-electron chi connectivity index (χ4n) is 3.80. The van der Waals surface area contributed by atoms with Crippen LogP contribution < -0.4 is 5.32 Å². The van der Waals surface area contributed by atoms with E-state index in [1.807, 2.05) is 35.7 Å². The van der Waals surface area contributed by atoms with Gasteiger partial charge in [-0.2, -0.15) is 5.10 Å². The van der Waals surface area contributed by atoms with Crippen LogP contribution in [0.3, 0.4) is 0 Å². The second-order valence-electron chi connectivity index (χ2n) is 7.18. The molecule has 138 valence electrons. The number of nitrogens with zero attached hydrogens (tertiary/aromatic N) is 4. The van der Waals surface area contributed by atoms with Crippen molar-refractivity contribution in [1.29, 1.82) is 0 Å². The van der Waals surface area contributed by atoms with E-state index in [1.165, 1.54) is 0 Å². The predicted octanol–water partition coefficient (Wildman–Crippen LogP) is 1.36. The second-order valence-corrected chi connectivity index (χ2v) is 7.18. The van der Waals surface area contributed by atoms with Crippen LogP contribution in [-0.4, -0.2) is 49.6 Å². The van der Waals surface area contributed by atoms with Crippen LogP contribution >= 0.6 is 0 Å². The second kappa shape index (κ2) is 6.59. The summed E-state index contributed by atoms with van der Waals surface area (Å²) in [6.07, 6.45) is 6.35. The third-order valence-corrected chi connectivity index (χ3v) is 5.38. The Morgan fingerprint density at radius 1 is 1.42 bits per heavy atom. The first-order valence-electron chi connectivity index (χ1n) is 9.18. The van der Waals surface area contributed by atoms with Gasteiger partial charge in [0.15, 0.2) is 0 Å². The fraction of sp³-hybridized carbons (Fsp3) is 0.556. The number of H-pyrrole nitrogens is 1. The van der Waals surface area contributed by atoms with Gasteiger partial charge in [-0.05, 0) is 25.8 Å². The van der Waals surface area contributed by atoms with E-state index in [2.05, 4.69) is 20.5 Å². The predicted molar refractivity (Wildman–Crippen MR) is 94.3 cm³/mol. The zero-order valence-corrected chi connectivity index (χ0v) is 15.1. The SMILES string of the molecule is CCN1C(=O)C[C@@H](CNC(=O)c2cc(C3CC3)[nH]n2)[C@@H]1c1nccn1C. The Hall–Kier alpha value is -2.64. The zero-order chi connectivity index (χ0) is 18.3. The molecule has 0 aromatic carbocycles. The van der Waals surface area contributed by atoms with E-state index in [-0.39, 0.29) is 23.8 Å². The van der Waals surface area contributed by atoms with E-state index >= 15 is 0 Å². The maximum absolute atomic E-state index is 12.4. The fourth-order valence-corrected chi connectivity index (χ4v) is 3.80. The Morgan fingerprint density at radius 2 is 2.23 bits per heavy atom. The topological polar surface area (TPSA) is 95.9 Å². The lowest BCUT2D eigenvalue weighted by Gasteiger charge is -2.26. The van der Waals surface area contributed by atoms with Crippen LogP contribution in [0.25, 0.3) is 0 Å². The minimum Gasteiger partial charge on any atom is -0.350 e. The highest BCUT2D eigenvalue weighted by atomic mass is 16.2. The molecule has 8 nitrogen and oxygen atoms in total. The van der Waals surface area contributed by atoms with Crippen LogP contribution in [0.2, 0.25) is 0 Å². The highest BCUT2D eigenvalue weighted by Gasteiger charge is 2.41. The Morgan fingerprint density at radius 3 is 2.88 bits per heavy atom. The van der Waals surface area contributed by atoms with Crippen LogP contribution in [-0.2, 0) is 11.8 Å². The van der Waals surface area contributed by atoms with E-state index in [0.29, 0.717) is 31.1 Å². The van der Waals surface area contributed by atoms with Gasteiger partial charge >= 0.3 is 0 Å². The molecule has 4 rings (SSSR count). The highest BCUT2D eigenvalue weighted by Crippen LogP contribution is 2.39. The lowest BCUT2D eigenvalue weighted by Crippen LogP contribution is -2.35. The summed E-state index contributed by atoms with van der Waals surface area (Å²) in [4.78, 5) is 31.1. The molecule has 8 heteroatoms. The van der Waals surface area contributed by atoms with E-state index < -0.39 is 0 Å². The largest absolute Gasteiger partial charge is 0.350 e. The summed E-state index contributed by atoms with van der Waals surface area (Å²) < 4.78 is 1.94. The van der Waals surface area contributed by atoms with Crippen molar-refractivity contribution in [2.75, 3.05) is 13.1 Å². The van der Waals surface area contributed by atoms with Gasteiger partial charge in [-0.1, -0.05) is 0 Å². The molecular formula is C18H24N6O2. The summed E-state index contributed by atoms with van der Waals surface area (Å²) in [5.41, 5.74) is 1.45. The van der Waals surface area contributed by atoms with Crippen LogP contribution in [0, 0.1) is 5.92 Å². The van der Waals surface area contributed by atoms with Crippen molar-refractivity contribution in [3.63, 3.8) is 0 Å². The molecule has 2 aromatic rings. The average molecular weight is 356 g/mol. The molecule has 1 saturated carbocycles. The molecule has 0 spiro atoms. The number of aryl methyl sites for hydroxylation is 1. The molecule has 3 heterocycles. The number of hydrogen-bond acceptors (Lipinski definition) is 4. The number of rotatable bonds is 6. The molecule has 2 fully saturated rings. The van der Waals surface area contributed by atoms with E-state index in [0.717, 1.165) is 24.4 Å². The molecule has 2 amide bonds. The van der Waals surface area contributed by atoms with Gasteiger partial charge in [-0.3, -0.25) is 14.7 Å². The molecule has 1 aliphatic heterocycles. The van der Waals surface area contributed by atoms with Crippen LogP contribution in [0.5, 0.6) is 0 Å². The lowest BCUT2D eigenvalue weighted by molar-refractivity contribution is -0.128. The molecule has 2 aliphatic rings. The van der Waals surface area contributed by atoms with Crippen molar-refractivity contribution in [2.45, 2.75) is 38.1 Å². The first-order valence-corrected chi connectivity index (χ1v) is 9.18. The van der Waals surface area contributed by atoms with E-state index in [4.69, 9.17) is 0 Å². The van der Waals surface area contributed by atoms with Crippen molar-refractivity contribution < 1.29 is 9.59 Å². The maximum Gasteiger partial charge on any atom is 0.271 e. The minimum absolute atomic E-state index is 0.00524. The lowest BCUT2D eigenvalue weighted by atomic mass is 9.99. The molecule has 0 bridgehead atoms. The molecule has 0 unspecified atom stereocenters. The van der Waals surface area contributed by atoms with Gasteiger partial charge in [0, 0.05) is 56.5 Å². The summed E-state index contributed by atoms with van der Waals surface area (Å²) in [5, 5.41) is 10.0. The van der Waals surface area contributed by atoms with Crippen LogP contribution in [0.4, 0.5) is 0 Å². The Labute approximate surface area is 152 Å². The van der Waals surface area contributed by atoms with Gasteiger partial charge in [0.05, 0.1) is 6.04 Å². The summed E-state index contributed by atoms with van der Waals surface area (Å²) in [5.74, 6) is 1.29. The zero-order valence-electron chi connectivity index (χ0n) is 15.1. The maximum atomic E-state index is 12.4. The molecular weight excluding hydrogens is 332 g/mol. The third-order valence-electron chi connectivity index (χ3n) is 5.38. The number of aromatic nitrogens is 4. The monoisotopic (exact) mass is 356 g/mol. The van der Waals surface area contributed by atoms with Gasteiger partial charge in [0.2, 0.25) is 5.91 Å². The number of nitrogens with one attached hydrogen (secondary N) is 2. The number of hydrogen-bond donors (Lipinski definition) is 2. The minimum atomic E-state index is -0.200. The smallest absolute Gasteiger partial charge is 0.271 e. The normalized spacial score (nSPS) is 22.8. The third kappa shape index (κ3) is 3.00. The van der Waals surface area contributed by atoms with Gasteiger partial charge in [0.25, 0.3) is 5.91 Å². The number of carbonyl (C=O) groups is 2. The molecule has 1 aliphatic carbocycles. The van der Waals surface area contributed by atoms with Crippen LogP contribution in [0.15, 0.2) is 18.5 Å². The van der Waals surface area contributed by atoms with Gasteiger partial charge in [0.1, 0.15) is 11.5 Å². The van der Waals surface area contributed by atoms with E-state index in [1.54, 1.807) is 6.20 Å². The van der Waals surface area contributed by atoms with Gasteiger partial charge in [-0.25, -0.2) is 4.98 Å². The standard InChI is InChI=1S/C18H24N6O2/c1-3-24-15(25)8-12(16(24)17-19-6-7-23(17)2)10-20-18(26)14-9-13(21-22-14)11-4-5-11/h6-7,9,11-12,16H,3-5,8,10H2,1-2H3,(H,20,26)(H,21,22)/t12-,16+/m0/s1. The number of aromatic amines is 1. The molecule has 2 aromatic heterocycles. The summed E-state index contributed by atoms with van der Waals surface area (Å²) in [7, 11) is 1.93. The molecule has 1 saturated heterocycles. The quantitative estimate of drug-likeness (QED) is 0.817. The van der Waals surface area contributed by atoms with Crippen molar-refractivity contribution in [3.05, 3.63) is 35.7 Å². The van der Waals surface area contributed by atoms with Gasteiger partial charge in [-0.15, -0.1) is 0 Å². The average Bonchev–Trinajstić information content (AvgIpc) is 3.07. The van der Waals surface area contributed by atoms with E-state index in [9.17, 15) is 9.59 Å². The number of carbonyl (C=O) groups excluding carboxylic acids is 2. The van der Waals surface area contributed by atoms with Crippen molar-refractivity contribution in [1.82, 2.24) is 30.0 Å². The number of imidazole rings is 1. The summed E-state index contributed by atoms with van der Waals surface area (Å²) >= 11 is 0. The Kier molecular flexibility index (Phi) is 4.26.